The van der Waals surface area contributed by atoms with Gasteiger partial charge in [0.05, 0.1) is 17.2 Å². The van der Waals surface area contributed by atoms with Crippen molar-refractivity contribution in [3.05, 3.63) is 58.0 Å². The van der Waals surface area contributed by atoms with Crippen molar-refractivity contribution in [1.82, 2.24) is 5.32 Å². The summed E-state index contributed by atoms with van der Waals surface area (Å²) in [7, 11) is 0. The van der Waals surface area contributed by atoms with Crippen LogP contribution in [0, 0.1) is 10.1 Å². The normalized spacial score (nSPS) is 11.8. The molecule has 0 bridgehead atoms. The molecule has 0 saturated carbocycles. The number of hydrogen-bond acceptors (Lipinski definition) is 5. The number of hydrogen-bond donors (Lipinski definition) is 2. The third-order valence-electron chi connectivity index (χ3n) is 2.81. The second kappa shape index (κ2) is 5.43. The maximum atomic E-state index is 12.1. The van der Waals surface area contributed by atoms with Crippen LogP contribution in [0.15, 0.2) is 41.0 Å². The molecule has 20 heavy (non-hydrogen) atoms. The summed E-state index contributed by atoms with van der Waals surface area (Å²) in [5, 5.41) is 13.6. The molecule has 104 valence electrons. The zero-order valence-electron chi connectivity index (χ0n) is 10.7. The largest absolute Gasteiger partial charge is 0.467 e. The summed E-state index contributed by atoms with van der Waals surface area (Å²) >= 11 is 0. The van der Waals surface area contributed by atoms with Gasteiger partial charge < -0.3 is 15.5 Å². The first kappa shape index (κ1) is 13.6. The second-order valence-electron chi connectivity index (χ2n) is 4.21. The van der Waals surface area contributed by atoms with E-state index in [1.165, 1.54) is 24.5 Å². The van der Waals surface area contributed by atoms with E-state index in [1.807, 2.05) is 0 Å². The fourth-order valence-corrected chi connectivity index (χ4v) is 1.83. The number of furan rings is 1. The smallest absolute Gasteiger partial charge is 0.304 e. The molecule has 0 spiro atoms. The third-order valence-corrected chi connectivity index (χ3v) is 2.81. The van der Waals surface area contributed by atoms with Crippen LogP contribution in [-0.2, 0) is 0 Å². The minimum atomic E-state index is -0.665. The lowest BCUT2D eigenvalue weighted by Gasteiger charge is -2.12. The van der Waals surface area contributed by atoms with E-state index < -0.39 is 22.6 Å². The lowest BCUT2D eigenvalue weighted by atomic mass is 10.1. The van der Waals surface area contributed by atoms with Gasteiger partial charge in [-0.25, -0.2) is 0 Å². The van der Waals surface area contributed by atoms with Crippen LogP contribution in [0.4, 0.5) is 11.4 Å². The molecule has 3 N–H and O–H groups in total. The summed E-state index contributed by atoms with van der Waals surface area (Å²) in [4.78, 5) is 22.4. The number of nitrogen functional groups attached to an aromatic ring is 1. The summed E-state index contributed by atoms with van der Waals surface area (Å²) in [6, 6.07) is 7.23. The number of nitrogens with one attached hydrogen (secondary N) is 1. The van der Waals surface area contributed by atoms with Gasteiger partial charge in [-0.3, -0.25) is 14.9 Å². The number of rotatable bonds is 4. The minimum Gasteiger partial charge on any atom is -0.467 e. The molecule has 1 heterocycles. The van der Waals surface area contributed by atoms with Crippen molar-refractivity contribution in [2.24, 2.45) is 0 Å². The van der Waals surface area contributed by atoms with Crippen LogP contribution < -0.4 is 11.1 Å². The number of carbonyl (C=O) groups is 1. The van der Waals surface area contributed by atoms with E-state index in [9.17, 15) is 14.9 Å². The lowest BCUT2D eigenvalue weighted by Crippen LogP contribution is -2.27. The van der Waals surface area contributed by atoms with Gasteiger partial charge in [0.2, 0.25) is 0 Å². The van der Waals surface area contributed by atoms with Gasteiger partial charge in [-0.05, 0) is 31.2 Å². The molecule has 0 radical (unpaired) electrons. The van der Waals surface area contributed by atoms with Crippen molar-refractivity contribution in [3.8, 4) is 0 Å². The highest BCUT2D eigenvalue weighted by Gasteiger charge is 2.24. The van der Waals surface area contributed by atoms with E-state index in [4.69, 9.17) is 10.2 Å². The van der Waals surface area contributed by atoms with Crippen molar-refractivity contribution in [2.75, 3.05) is 5.73 Å². The highest BCUT2D eigenvalue weighted by atomic mass is 16.6. The number of amides is 1. The van der Waals surface area contributed by atoms with Crippen LogP contribution in [-0.4, -0.2) is 10.8 Å². The predicted molar refractivity (Wildman–Crippen MR) is 72.1 cm³/mol. The van der Waals surface area contributed by atoms with E-state index in [0.717, 1.165) is 0 Å². The number of carbonyl (C=O) groups excluding carboxylic acids is 1. The monoisotopic (exact) mass is 275 g/mol. The molecule has 0 aliphatic heterocycles. The molecule has 2 aromatic rings. The first-order chi connectivity index (χ1) is 9.50. The molecule has 1 aromatic carbocycles. The lowest BCUT2D eigenvalue weighted by molar-refractivity contribution is -0.384. The summed E-state index contributed by atoms with van der Waals surface area (Å²) < 4.78 is 5.16. The summed E-state index contributed by atoms with van der Waals surface area (Å²) in [6.07, 6.45) is 1.49. The average Bonchev–Trinajstić information content (AvgIpc) is 2.91. The van der Waals surface area contributed by atoms with E-state index in [0.29, 0.717) is 5.76 Å². The van der Waals surface area contributed by atoms with E-state index in [1.54, 1.807) is 19.1 Å². The minimum absolute atomic E-state index is 0.0479. The molecule has 0 saturated heterocycles. The Balaban J connectivity index is 2.26. The Bertz CT molecular complexity index is 637. The van der Waals surface area contributed by atoms with Crippen LogP contribution in [0.5, 0.6) is 0 Å². The quantitative estimate of drug-likeness (QED) is 0.505. The molecule has 1 amide bonds. The van der Waals surface area contributed by atoms with Crippen molar-refractivity contribution >= 4 is 17.3 Å². The van der Waals surface area contributed by atoms with Crippen LogP contribution in [0.2, 0.25) is 0 Å². The molecule has 0 fully saturated rings. The second-order valence-corrected chi connectivity index (χ2v) is 4.21. The first-order valence-corrected chi connectivity index (χ1v) is 5.88. The van der Waals surface area contributed by atoms with Gasteiger partial charge in [-0.15, -0.1) is 0 Å². The van der Waals surface area contributed by atoms with Gasteiger partial charge in [0.1, 0.15) is 17.0 Å². The zero-order chi connectivity index (χ0) is 14.7. The summed E-state index contributed by atoms with van der Waals surface area (Å²) in [5.41, 5.74) is 5.03. The Kier molecular flexibility index (Phi) is 3.69. The average molecular weight is 275 g/mol. The fraction of sp³-hybridized carbons (Fsp3) is 0.154. The van der Waals surface area contributed by atoms with Crippen LogP contribution in [0.3, 0.4) is 0 Å². The van der Waals surface area contributed by atoms with Crippen LogP contribution >= 0.6 is 0 Å². The molecule has 2 rings (SSSR count). The van der Waals surface area contributed by atoms with Crippen molar-refractivity contribution < 1.29 is 14.1 Å². The predicted octanol–water partition coefficient (Wildman–Crippen LogP) is 2.26. The van der Waals surface area contributed by atoms with E-state index >= 15 is 0 Å². The highest BCUT2D eigenvalue weighted by Crippen LogP contribution is 2.26. The topological polar surface area (TPSA) is 111 Å². The van der Waals surface area contributed by atoms with Crippen molar-refractivity contribution in [1.29, 1.82) is 0 Å². The SMILES string of the molecule is CC(NC(=O)c1cccc(N)c1[N+](=O)[O-])c1ccco1. The summed E-state index contributed by atoms with van der Waals surface area (Å²) in [5.74, 6) is -0.0159. The Morgan fingerprint density at radius 3 is 2.75 bits per heavy atom. The Morgan fingerprint density at radius 2 is 2.15 bits per heavy atom. The van der Waals surface area contributed by atoms with Gasteiger partial charge in [0, 0.05) is 0 Å². The van der Waals surface area contributed by atoms with Gasteiger partial charge >= 0.3 is 5.69 Å². The van der Waals surface area contributed by atoms with Gasteiger partial charge in [0.25, 0.3) is 5.91 Å². The third kappa shape index (κ3) is 2.61. The van der Waals surface area contributed by atoms with E-state index in [-0.39, 0.29) is 11.3 Å². The fourth-order valence-electron chi connectivity index (χ4n) is 1.83. The Morgan fingerprint density at radius 1 is 1.40 bits per heavy atom. The molecule has 0 aliphatic rings. The molecule has 1 atom stereocenters. The van der Waals surface area contributed by atoms with Gasteiger partial charge in [0.15, 0.2) is 0 Å². The number of nitro benzene ring substituents is 1. The highest BCUT2D eigenvalue weighted by molar-refractivity contribution is 6.00. The maximum Gasteiger partial charge on any atom is 0.304 e. The number of benzene rings is 1. The van der Waals surface area contributed by atoms with Gasteiger partial charge in [-0.1, -0.05) is 6.07 Å². The number of para-hydroxylation sites is 1. The Labute approximate surface area is 114 Å². The van der Waals surface area contributed by atoms with Crippen LogP contribution in [0.25, 0.3) is 0 Å². The standard InChI is InChI=1S/C13H13N3O4/c1-8(11-6-3-7-20-11)15-13(17)9-4-2-5-10(14)12(9)16(18)19/h2-8H,14H2,1H3,(H,15,17). The maximum absolute atomic E-state index is 12.1. The van der Waals surface area contributed by atoms with E-state index in [2.05, 4.69) is 5.32 Å². The molecular formula is C13H13N3O4. The number of nitrogens with two attached hydrogens (primary N) is 1. The molecule has 7 heteroatoms. The van der Waals surface area contributed by atoms with Gasteiger partial charge in [-0.2, -0.15) is 0 Å². The molecule has 1 aromatic heterocycles. The number of anilines is 1. The molecular weight excluding hydrogens is 262 g/mol. The molecule has 1 unspecified atom stereocenters. The first-order valence-electron chi connectivity index (χ1n) is 5.88. The number of nitro groups is 1. The molecule has 0 aliphatic carbocycles. The van der Waals surface area contributed by atoms with Crippen molar-refractivity contribution in [2.45, 2.75) is 13.0 Å². The number of nitrogens with zero attached hydrogens (tertiary/aromatic N) is 1. The Hall–Kier alpha value is -2.83. The van der Waals surface area contributed by atoms with Crippen LogP contribution in [0.1, 0.15) is 29.1 Å². The zero-order valence-corrected chi connectivity index (χ0v) is 10.7. The summed E-state index contributed by atoms with van der Waals surface area (Å²) in [6.45, 7) is 1.72. The van der Waals surface area contributed by atoms with Crippen molar-refractivity contribution in [3.63, 3.8) is 0 Å². The molecule has 7 nitrogen and oxygen atoms in total.